The van der Waals surface area contributed by atoms with Gasteiger partial charge in [0.1, 0.15) is 5.75 Å². The first-order valence-electron chi connectivity index (χ1n) is 4.76. The molecule has 1 aromatic carbocycles. The molecule has 7 heteroatoms. The van der Waals surface area contributed by atoms with Gasteiger partial charge in [0, 0.05) is 24.2 Å². The van der Waals surface area contributed by atoms with Gasteiger partial charge in [-0.15, -0.1) is 0 Å². The van der Waals surface area contributed by atoms with Crippen molar-refractivity contribution in [2.24, 2.45) is 5.73 Å². The summed E-state index contributed by atoms with van der Waals surface area (Å²) in [5.74, 6) is -1.90. The maximum absolute atomic E-state index is 11.0. The molecule has 0 heterocycles. The minimum Gasteiger partial charge on any atom is -0.496 e. The summed E-state index contributed by atoms with van der Waals surface area (Å²) in [6.07, 6.45) is 0. The number of benzene rings is 1. The Hall–Kier alpha value is -2.15. The molecule has 17 heavy (non-hydrogen) atoms. The second-order valence-electron chi connectivity index (χ2n) is 3.31. The topological polar surface area (TPSA) is 116 Å². The van der Waals surface area contributed by atoms with E-state index in [2.05, 4.69) is 0 Å². The number of hydrogen-bond donors (Lipinski definition) is 2. The molecule has 1 atom stereocenters. The van der Waals surface area contributed by atoms with Gasteiger partial charge in [0.05, 0.1) is 18.0 Å². The Morgan fingerprint density at radius 3 is 2.71 bits per heavy atom. The quantitative estimate of drug-likeness (QED) is 0.579. The van der Waals surface area contributed by atoms with Gasteiger partial charge in [-0.3, -0.25) is 14.9 Å². The van der Waals surface area contributed by atoms with Crippen LogP contribution in [0.1, 0.15) is 11.5 Å². The minimum atomic E-state index is -1.15. The highest BCUT2D eigenvalue weighted by molar-refractivity contribution is 5.78. The molecule has 0 spiro atoms. The van der Waals surface area contributed by atoms with Crippen LogP contribution in [0.5, 0.6) is 5.75 Å². The maximum atomic E-state index is 11.0. The van der Waals surface area contributed by atoms with Crippen LogP contribution in [0.25, 0.3) is 0 Å². The molecule has 0 amide bonds. The van der Waals surface area contributed by atoms with Crippen LogP contribution in [-0.4, -0.2) is 29.7 Å². The van der Waals surface area contributed by atoms with Gasteiger partial charge in [-0.25, -0.2) is 0 Å². The van der Waals surface area contributed by atoms with Crippen molar-refractivity contribution in [1.29, 1.82) is 0 Å². The van der Waals surface area contributed by atoms with Crippen molar-refractivity contribution in [1.82, 2.24) is 0 Å². The van der Waals surface area contributed by atoms with Crippen LogP contribution in [0.2, 0.25) is 0 Å². The normalized spacial score (nSPS) is 11.9. The zero-order valence-corrected chi connectivity index (χ0v) is 9.12. The summed E-state index contributed by atoms with van der Waals surface area (Å²) in [5, 5.41) is 19.6. The molecule has 0 radical (unpaired) electrons. The molecule has 0 saturated heterocycles. The maximum Gasteiger partial charge on any atom is 0.312 e. The Kier molecular flexibility index (Phi) is 4.00. The van der Waals surface area contributed by atoms with Crippen molar-refractivity contribution >= 4 is 11.7 Å². The van der Waals surface area contributed by atoms with E-state index in [1.165, 1.54) is 25.3 Å². The number of rotatable bonds is 5. The molecule has 7 nitrogen and oxygen atoms in total. The summed E-state index contributed by atoms with van der Waals surface area (Å²) in [6, 6.07) is 3.78. The Morgan fingerprint density at radius 1 is 1.65 bits per heavy atom. The Morgan fingerprint density at radius 2 is 2.29 bits per heavy atom. The zero-order chi connectivity index (χ0) is 13.0. The number of carboxylic acid groups (broad SMARTS) is 1. The summed E-state index contributed by atoms with van der Waals surface area (Å²) < 4.78 is 4.97. The molecule has 92 valence electrons. The molecule has 0 saturated carbocycles. The number of non-ortho nitro benzene ring substituents is 1. The van der Waals surface area contributed by atoms with E-state index in [4.69, 9.17) is 15.6 Å². The van der Waals surface area contributed by atoms with Gasteiger partial charge in [-0.1, -0.05) is 0 Å². The van der Waals surface area contributed by atoms with Crippen molar-refractivity contribution in [3.05, 3.63) is 33.9 Å². The summed E-state index contributed by atoms with van der Waals surface area (Å²) >= 11 is 0. The van der Waals surface area contributed by atoms with Crippen LogP contribution >= 0.6 is 0 Å². The number of methoxy groups -OCH3 is 1. The molecule has 0 fully saturated rings. The van der Waals surface area contributed by atoms with Crippen molar-refractivity contribution < 1.29 is 19.6 Å². The molecule has 1 unspecified atom stereocenters. The van der Waals surface area contributed by atoms with Gasteiger partial charge < -0.3 is 15.6 Å². The molecule has 0 aromatic heterocycles. The van der Waals surface area contributed by atoms with Crippen molar-refractivity contribution in [2.75, 3.05) is 13.7 Å². The fraction of sp³-hybridized carbons (Fsp3) is 0.300. The number of ether oxygens (including phenoxy) is 1. The number of aliphatic carboxylic acids is 1. The van der Waals surface area contributed by atoms with Gasteiger partial charge >= 0.3 is 5.97 Å². The average molecular weight is 240 g/mol. The lowest BCUT2D eigenvalue weighted by atomic mass is 9.98. The zero-order valence-electron chi connectivity index (χ0n) is 9.12. The highest BCUT2D eigenvalue weighted by Crippen LogP contribution is 2.30. The lowest BCUT2D eigenvalue weighted by molar-refractivity contribution is -0.384. The Labute approximate surface area is 97.0 Å². The van der Waals surface area contributed by atoms with E-state index in [9.17, 15) is 14.9 Å². The van der Waals surface area contributed by atoms with Gasteiger partial charge in [-0.05, 0) is 6.07 Å². The predicted octanol–water partition coefficient (Wildman–Crippen LogP) is 0.730. The van der Waals surface area contributed by atoms with Crippen LogP contribution in [0, 0.1) is 10.1 Å². The number of carboxylic acids is 1. The highest BCUT2D eigenvalue weighted by Gasteiger charge is 2.24. The highest BCUT2D eigenvalue weighted by atomic mass is 16.6. The van der Waals surface area contributed by atoms with Gasteiger partial charge in [0.15, 0.2) is 0 Å². The molecule has 0 aliphatic heterocycles. The largest absolute Gasteiger partial charge is 0.496 e. The first-order chi connectivity index (χ1) is 8.01. The predicted molar refractivity (Wildman–Crippen MR) is 59.1 cm³/mol. The average Bonchev–Trinajstić information content (AvgIpc) is 2.29. The van der Waals surface area contributed by atoms with E-state index in [1.54, 1.807) is 0 Å². The number of nitrogens with zero attached hydrogens (tertiary/aromatic N) is 1. The molecular weight excluding hydrogens is 228 g/mol. The number of hydrogen-bond acceptors (Lipinski definition) is 5. The summed E-state index contributed by atoms with van der Waals surface area (Å²) in [4.78, 5) is 21.0. The Bertz CT molecular complexity index is 446. The van der Waals surface area contributed by atoms with Crippen molar-refractivity contribution in [3.63, 3.8) is 0 Å². The molecular formula is C10H12N2O5. The molecule has 1 rings (SSSR count). The number of carbonyl (C=O) groups is 1. The third-order valence-corrected chi connectivity index (χ3v) is 2.33. The van der Waals surface area contributed by atoms with E-state index in [-0.39, 0.29) is 23.5 Å². The number of nitro groups is 1. The van der Waals surface area contributed by atoms with Gasteiger partial charge in [0.25, 0.3) is 5.69 Å². The van der Waals surface area contributed by atoms with E-state index < -0.39 is 16.8 Å². The summed E-state index contributed by atoms with van der Waals surface area (Å²) in [7, 11) is 1.36. The van der Waals surface area contributed by atoms with Crippen molar-refractivity contribution in [3.8, 4) is 5.75 Å². The van der Waals surface area contributed by atoms with Crippen LogP contribution < -0.4 is 10.5 Å². The van der Waals surface area contributed by atoms with Crippen LogP contribution in [0.3, 0.4) is 0 Å². The smallest absolute Gasteiger partial charge is 0.312 e. The molecule has 1 aromatic rings. The lowest BCUT2D eigenvalue weighted by Gasteiger charge is -2.13. The van der Waals surface area contributed by atoms with E-state index >= 15 is 0 Å². The fourth-order valence-electron chi connectivity index (χ4n) is 1.47. The number of nitro benzene ring substituents is 1. The molecule has 0 aliphatic rings. The SMILES string of the molecule is COc1ccc([N+](=O)[O-])cc1C(CN)C(=O)O. The number of nitrogens with two attached hydrogens (primary N) is 1. The van der Waals surface area contributed by atoms with E-state index in [0.29, 0.717) is 0 Å². The van der Waals surface area contributed by atoms with Crippen LogP contribution in [0.15, 0.2) is 18.2 Å². The van der Waals surface area contributed by atoms with Gasteiger partial charge in [-0.2, -0.15) is 0 Å². The summed E-state index contributed by atoms with van der Waals surface area (Å²) in [6.45, 7) is -0.160. The van der Waals surface area contributed by atoms with Crippen LogP contribution in [-0.2, 0) is 4.79 Å². The third kappa shape index (κ3) is 2.70. The van der Waals surface area contributed by atoms with E-state index in [0.717, 1.165) is 0 Å². The van der Waals surface area contributed by atoms with Gasteiger partial charge in [0.2, 0.25) is 0 Å². The second kappa shape index (κ2) is 5.26. The monoisotopic (exact) mass is 240 g/mol. The standard InChI is InChI=1S/C10H12N2O5/c1-17-9-3-2-6(12(15)16)4-7(9)8(5-11)10(13)14/h2-4,8H,5,11H2,1H3,(H,13,14). The molecule has 0 bridgehead atoms. The Balaban J connectivity index is 3.31. The van der Waals surface area contributed by atoms with Crippen molar-refractivity contribution in [2.45, 2.75) is 5.92 Å². The first kappa shape index (κ1) is 12.9. The first-order valence-corrected chi connectivity index (χ1v) is 4.76. The lowest BCUT2D eigenvalue weighted by Crippen LogP contribution is -2.21. The third-order valence-electron chi connectivity index (χ3n) is 2.33. The van der Waals surface area contributed by atoms with Crippen LogP contribution in [0.4, 0.5) is 5.69 Å². The molecule has 3 N–H and O–H groups in total. The summed E-state index contributed by atoms with van der Waals surface area (Å²) in [5.41, 5.74) is 5.36. The fourth-order valence-corrected chi connectivity index (χ4v) is 1.47. The second-order valence-corrected chi connectivity index (χ2v) is 3.31. The van der Waals surface area contributed by atoms with E-state index in [1.807, 2.05) is 0 Å². The minimum absolute atomic E-state index is 0.160. The molecule has 0 aliphatic carbocycles.